The number of likely N-dealkylation sites (tertiary alicyclic amines) is 1. The first-order valence-electron chi connectivity index (χ1n) is 7.75. The molecule has 0 spiro atoms. The number of hydrogen-bond donors (Lipinski definition) is 1. The van der Waals surface area contributed by atoms with Crippen molar-refractivity contribution in [2.24, 2.45) is 5.92 Å². The third kappa shape index (κ3) is 4.87. The summed E-state index contributed by atoms with van der Waals surface area (Å²) in [5.41, 5.74) is 0.199. The monoisotopic (exact) mass is 280 g/mol. The summed E-state index contributed by atoms with van der Waals surface area (Å²) in [6.07, 6.45) is 3.40. The van der Waals surface area contributed by atoms with E-state index in [2.05, 4.69) is 41.1 Å². The van der Waals surface area contributed by atoms with Gasteiger partial charge in [0.05, 0.1) is 6.54 Å². The summed E-state index contributed by atoms with van der Waals surface area (Å²) >= 11 is 0. The molecule has 0 radical (unpaired) electrons. The van der Waals surface area contributed by atoms with Crippen molar-refractivity contribution in [2.45, 2.75) is 59.0 Å². The molecule has 0 aliphatic carbocycles. The molecule has 2 rings (SSSR count). The third-order valence-electron chi connectivity index (χ3n) is 3.71. The van der Waals surface area contributed by atoms with Gasteiger partial charge in [-0.05, 0) is 52.6 Å². The maximum absolute atomic E-state index is 5.29. The normalized spacial score (nSPS) is 21.3. The number of aromatic nitrogens is 2. The molecule has 1 atom stereocenters. The maximum atomic E-state index is 5.29. The van der Waals surface area contributed by atoms with Crippen LogP contribution in [0, 0.1) is 5.92 Å². The summed E-state index contributed by atoms with van der Waals surface area (Å²) in [5, 5.41) is 7.57. The van der Waals surface area contributed by atoms with Crippen LogP contribution in [0.5, 0.6) is 0 Å². The molecule has 1 aromatic heterocycles. The Bertz CT molecular complexity index is 410. The molecule has 1 aliphatic heterocycles. The highest BCUT2D eigenvalue weighted by Crippen LogP contribution is 2.18. The summed E-state index contributed by atoms with van der Waals surface area (Å²) in [6, 6.07) is 0. The van der Waals surface area contributed by atoms with Gasteiger partial charge in [0.1, 0.15) is 0 Å². The van der Waals surface area contributed by atoms with Gasteiger partial charge in [-0.3, -0.25) is 4.90 Å². The number of nitrogens with zero attached hydrogens (tertiary/aromatic N) is 3. The van der Waals surface area contributed by atoms with Gasteiger partial charge in [0.25, 0.3) is 0 Å². The van der Waals surface area contributed by atoms with Crippen LogP contribution in [0.2, 0.25) is 0 Å². The van der Waals surface area contributed by atoms with Crippen LogP contribution in [0.4, 0.5) is 0 Å². The van der Waals surface area contributed by atoms with Crippen molar-refractivity contribution in [3.63, 3.8) is 0 Å². The van der Waals surface area contributed by atoms with E-state index in [9.17, 15) is 0 Å². The second-order valence-corrected chi connectivity index (χ2v) is 6.83. The second-order valence-electron chi connectivity index (χ2n) is 6.83. The molecule has 0 bridgehead atoms. The van der Waals surface area contributed by atoms with Crippen LogP contribution in [0.3, 0.4) is 0 Å². The fourth-order valence-corrected chi connectivity index (χ4v) is 2.60. The Morgan fingerprint density at radius 3 is 2.85 bits per heavy atom. The second kappa shape index (κ2) is 6.68. The van der Waals surface area contributed by atoms with E-state index in [0.29, 0.717) is 0 Å². The van der Waals surface area contributed by atoms with Crippen LogP contribution in [0.25, 0.3) is 0 Å². The number of rotatable bonds is 5. The van der Waals surface area contributed by atoms with Crippen molar-refractivity contribution < 1.29 is 4.52 Å². The van der Waals surface area contributed by atoms with Gasteiger partial charge in [0.15, 0.2) is 5.82 Å². The molecule has 0 saturated carbocycles. The van der Waals surface area contributed by atoms with Crippen molar-refractivity contribution in [3.05, 3.63) is 11.7 Å². The lowest BCUT2D eigenvalue weighted by Gasteiger charge is -2.33. The van der Waals surface area contributed by atoms with Crippen molar-refractivity contribution in [1.82, 2.24) is 20.4 Å². The molecule has 1 N–H and O–H groups in total. The lowest BCUT2D eigenvalue weighted by atomic mass is 9.96. The van der Waals surface area contributed by atoms with Gasteiger partial charge in [-0.2, -0.15) is 4.98 Å². The highest BCUT2D eigenvalue weighted by atomic mass is 16.5. The van der Waals surface area contributed by atoms with E-state index in [1.807, 2.05) is 6.92 Å². The minimum absolute atomic E-state index is 0.199. The highest BCUT2D eigenvalue weighted by molar-refractivity contribution is 4.87. The predicted molar refractivity (Wildman–Crippen MR) is 79.4 cm³/mol. The summed E-state index contributed by atoms with van der Waals surface area (Å²) < 4.78 is 5.29. The van der Waals surface area contributed by atoms with Crippen LogP contribution < -0.4 is 5.32 Å². The molecule has 1 fully saturated rings. The topological polar surface area (TPSA) is 54.2 Å². The first-order chi connectivity index (χ1) is 9.46. The van der Waals surface area contributed by atoms with E-state index < -0.39 is 0 Å². The average molecular weight is 280 g/mol. The van der Waals surface area contributed by atoms with E-state index >= 15 is 0 Å². The molecule has 20 heavy (non-hydrogen) atoms. The van der Waals surface area contributed by atoms with Gasteiger partial charge in [0, 0.05) is 18.5 Å². The minimum Gasteiger partial charge on any atom is -0.338 e. The summed E-state index contributed by atoms with van der Waals surface area (Å²) in [4.78, 5) is 6.83. The lowest BCUT2D eigenvalue weighted by Crippen LogP contribution is -2.44. The van der Waals surface area contributed by atoms with Crippen LogP contribution >= 0.6 is 0 Å². The molecule has 5 heteroatoms. The summed E-state index contributed by atoms with van der Waals surface area (Å²) in [6.45, 7) is 12.8. The standard InChI is InChI=1S/C15H28N4O/c1-5-13-17-14(20-18-13)11-19-8-6-7-12(10-19)9-16-15(2,3)4/h12,16H,5-11H2,1-4H3. The number of piperidine rings is 1. The zero-order valence-corrected chi connectivity index (χ0v) is 13.3. The Morgan fingerprint density at radius 2 is 2.20 bits per heavy atom. The van der Waals surface area contributed by atoms with Crippen molar-refractivity contribution >= 4 is 0 Å². The van der Waals surface area contributed by atoms with Gasteiger partial charge in [-0.25, -0.2) is 0 Å². The lowest BCUT2D eigenvalue weighted by molar-refractivity contribution is 0.144. The first kappa shape index (κ1) is 15.4. The third-order valence-corrected chi connectivity index (χ3v) is 3.71. The largest absolute Gasteiger partial charge is 0.338 e. The van der Waals surface area contributed by atoms with E-state index in [-0.39, 0.29) is 5.54 Å². The van der Waals surface area contributed by atoms with E-state index in [4.69, 9.17) is 4.52 Å². The van der Waals surface area contributed by atoms with Crippen LogP contribution in [0.1, 0.15) is 52.3 Å². The smallest absolute Gasteiger partial charge is 0.240 e. The van der Waals surface area contributed by atoms with Gasteiger partial charge < -0.3 is 9.84 Å². The number of aryl methyl sites for hydroxylation is 1. The first-order valence-corrected chi connectivity index (χ1v) is 7.75. The van der Waals surface area contributed by atoms with Gasteiger partial charge in [0.2, 0.25) is 5.89 Å². The molecule has 114 valence electrons. The van der Waals surface area contributed by atoms with E-state index in [1.54, 1.807) is 0 Å². The Hall–Kier alpha value is -0.940. The number of nitrogens with one attached hydrogen (secondary N) is 1. The SMILES string of the molecule is CCc1noc(CN2CCCC(CNC(C)(C)C)C2)n1. The molecule has 0 aromatic carbocycles. The van der Waals surface area contributed by atoms with E-state index in [1.165, 1.54) is 12.8 Å². The quantitative estimate of drug-likeness (QED) is 0.896. The molecule has 2 heterocycles. The fourth-order valence-electron chi connectivity index (χ4n) is 2.60. The van der Waals surface area contributed by atoms with Crippen molar-refractivity contribution in [3.8, 4) is 0 Å². The zero-order chi connectivity index (χ0) is 14.6. The van der Waals surface area contributed by atoms with Gasteiger partial charge >= 0.3 is 0 Å². The molecule has 1 saturated heterocycles. The molecule has 1 aliphatic rings. The zero-order valence-electron chi connectivity index (χ0n) is 13.3. The predicted octanol–water partition coefficient (Wildman–Crippen LogP) is 2.23. The Balaban J connectivity index is 1.81. The molecular formula is C15H28N4O. The van der Waals surface area contributed by atoms with Crippen LogP contribution in [0.15, 0.2) is 4.52 Å². The average Bonchev–Trinajstić information content (AvgIpc) is 2.84. The van der Waals surface area contributed by atoms with Gasteiger partial charge in [-0.1, -0.05) is 12.1 Å². The van der Waals surface area contributed by atoms with Crippen LogP contribution in [-0.2, 0) is 13.0 Å². The molecule has 1 aromatic rings. The minimum atomic E-state index is 0.199. The van der Waals surface area contributed by atoms with Crippen molar-refractivity contribution in [2.75, 3.05) is 19.6 Å². The maximum Gasteiger partial charge on any atom is 0.240 e. The molecule has 5 nitrogen and oxygen atoms in total. The molecule has 1 unspecified atom stereocenters. The molecular weight excluding hydrogens is 252 g/mol. The summed E-state index contributed by atoms with van der Waals surface area (Å²) in [7, 11) is 0. The van der Waals surface area contributed by atoms with Crippen LogP contribution in [-0.4, -0.2) is 40.2 Å². The Morgan fingerprint density at radius 1 is 1.40 bits per heavy atom. The van der Waals surface area contributed by atoms with Crippen molar-refractivity contribution in [1.29, 1.82) is 0 Å². The molecule has 0 amide bonds. The summed E-state index contributed by atoms with van der Waals surface area (Å²) in [5.74, 6) is 2.28. The Labute approximate surface area is 122 Å². The van der Waals surface area contributed by atoms with Gasteiger partial charge in [-0.15, -0.1) is 0 Å². The fraction of sp³-hybridized carbons (Fsp3) is 0.867. The van der Waals surface area contributed by atoms with E-state index in [0.717, 1.165) is 50.2 Å². The number of hydrogen-bond acceptors (Lipinski definition) is 5. The Kier molecular flexibility index (Phi) is 5.16. The highest BCUT2D eigenvalue weighted by Gasteiger charge is 2.22.